The summed E-state index contributed by atoms with van der Waals surface area (Å²) in [7, 11) is 3.51. The first-order chi connectivity index (χ1) is 10.1. The van der Waals surface area contributed by atoms with Crippen molar-refractivity contribution in [3.05, 3.63) is 57.9 Å². The lowest BCUT2D eigenvalue weighted by atomic mass is 10.00. The van der Waals surface area contributed by atoms with Gasteiger partial charge in [0.25, 0.3) is 0 Å². The van der Waals surface area contributed by atoms with Gasteiger partial charge in [0, 0.05) is 22.8 Å². The van der Waals surface area contributed by atoms with Crippen molar-refractivity contribution in [2.75, 3.05) is 14.2 Å². The van der Waals surface area contributed by atoms with Gasteiger partial charge in [-0.3, -0.25) is 0 Å². The third kappa shape index (κ3) is 4.51. The average molecular weight is 353 g/mol. The standard InChI is InChI=1S/C16H18BrFN2O/c1-19-14(7-11-3-6-16(21-2)20-10-11)9-12-8-13(18)4-5-15(12)17/h3-6,8,10,14,19H,7,9H2,1-2H3. The van der Waals surface area contributed by atoms with Crippen LogP contribution in [0.1, 0.15) is 11.1 Å². The first-order valence-electron chi connectivity index (χ1n) is 6.72. The Morgan fingerprint density at radius 3 is 2.71 bits per heavy atom. The van der Waals surface area contributed by atoms with E-state index in [1.807, 2.05) is 25.4 Å². The molecule has 0 saturated heterocycles. The van der Waals surface area contributed by atoms with E-state index < -0.39 is 0 Å². The van der Waals surface area contributed by atoms with E-state index in [2.05, 4.69) is 26.2 Å². The molecule has 1 aromatic heterocycles. The zero-order valence-corrected chi connectivity index (χ0v) is 13.7. The third-order valence-corrected chi connectivity index (χ3v) is 4.14. The molecule has 1 unspecified atom stereocenters. The first kappa shape index (κ1) is 15.9. The van der Waals surface area contributed by atoms with Gasteiger partial charge in [0.2, 0.25) is 5.88 Å². The normalized spacial score (nSPS) is 12.2. The number of hydrogen-bond acceptors (Lipinski definition) is 3. The number of halogens is 2. The van der Waals surface area contributed by atoms with Gasteiger partial charge in [-0.05, 0) is 49.2 Å². The number of likely N-dealkylation sites (N-methyl/N-ethyl adjacent to an activating group) is 1. The number of benzene rings is 1. The maximum Gasteiger partial charge on any atom is 0.212 e. The van der Waals surface area contributed by atoms with Gasteiger partial charge in [-0.1, -0.05) is 22.0 Å². The second-order valence-corrected chi connectivity index (χ2v) is 5.69. The summed E-state index contributed by atoms with van der Waals surface area (Å²) in [6.45, 7) is 0. The molecule has 2 aromatic rings. The molecule has 1 heterocycles. The Morgan fingerprint density at radius 1 is 1.29 bits per heavy atom. The lowest BCUT2D eigenvalue weighted by Crippen LogP contribution is -2.30. The van der Waals surface area contributed by atoms with E-state index in [0.717, 1.165) is 28.4 Å². The highest BCUT2D eigenvalue weighted by Crippen LogP contribution is 2.20. The summed E-state index contributed by atoms with van der Waals surface area (Å²) in [6.07, 6.45) is 3.36. The van der Waals surface area contributed by atoms with Crippen LogP contribution in [0.15, 0.2) is 41.0 Å². The van der Waals surface area contributed by atoms with Crippen molar-refractivity contribution in [2.45, 2.75) is 18.9 Å². The van der Waals surface area contributed by atoms with E-state index in [1.165, 1.54) is 6.07 Å². The van der Waals surface area contributed by atoms with E-state index in [0.29, 0.717) is 5.88 Å². The van der Waals surface area contributed by atoms with Crippen LogP contribution in [0.3, 0.4) is 0 Å². The third-order valence-electron chi connectivity index (χ3n) is 3.37. The van der Waals surface area contributed by atoms with Crippen LogP contribution in [-0.4, -0.2) is 25.2 Å². The van der Waals surface area contributed by atoms with Crippen molar-refractivity contribution < 1.29 is 9.13 Å². The molecule has 0 fully saturated rings. The Morgan fingerprint density at radius 2 is 2.10 bits per heavy atom. The Balaban J connectivity index is 2.07. The minimum Gasteiger partial charge on any atom is -0.481 e. The average Bonchev–Trinajstić information content (AvgIpc) is 2.51. The fraction of sp³-hybridized carbons (Fsp3) is 0.312. The lowest BCUT2D eigenvalue weighted by Gasteiger charge is -2.17. The van der Waals surface area contributed by atoms with Crippen LogP contribution < -0.4 is 10.1 Å². The highest BCUT2D eigenvalue weighted by molar-refractivity contribution is 9.10. The number of aromatic nitrogens is 1. The Labute approximate surface area is 132 Å². The Kier molecular flexibility index (Phi) is 5.70. The number of rotatable bonds is 6. The zero-order chi connectivity index (χ0) is 15.2. The van der Waals surface area contributed by atoms with E-state index in [9.17, 15) is 4.39 Å². The molecule has 3 nitrogen and oxygen atoms in total. The molecule has 112 valence electrons. The van der Waals surface area contributed by atoms with Crippen molar-refractivity contribution in [3.8, 4) is 5.88 Å². The summed E-state index contributed by atoms with van der Waals surface area (Å²) < 4.78 is 19.3. The largest absolute Gasteiger partial charge is 0.481 e. The molecule has 0 aliphatic carbocycles. The summed E-state index contributed by atoms with van der Waals surface area (Å²) in [5, 5.41) is 3.27. The highest BCUT2D eigenvalue weighted by Gasteiger charge is 2.12. The minimum atomic E-state index is -0.214. The van der Waals surface area contributed by atoms with E-state index in [4.69, 9.17) is 4.74 Å². The minimum absolute atomic E-state index is 0.207. The summed E-state index contributed by atoms with van der Waals surface area (Å²) >= 11 is 3.47. The summed E-state index contributed by atoms with van der Waals surface area (Å²) in [5.74, 6) is 0.391. The molecular formula is C16H18BrFN2O. The number of nitrogens with zero attached hydrogens (tertiary/aromatic N) is 1. The quantitative estimate of drug-likeness (QED) is 0.865. The van der Waals surface area contributed by atoms with Gasteiger partial charge in [-0.15, -0.1) is 0 Å². The van der Waals surface area contributed by atoms with Crippen LogP contribution in [0.4, 0.5) is 4.39 Å². The van der Waals surface area contributed by atoms with Gasteiger partial charge in [0.05, 0.1) is 7.11 Å². The van der Waals surface area contributed by atoms with Crippen molar-refractivity contribution in [1.29, 1.82) is 0 Å². The molecule has 1 atom stereocenters. The van der Waals surface area contributed by atoms with Gasteiger partial charge in [0.1, 0.15) is 5.82 Å². The van der Waals surface area contributed by atoms with Crippen molar-refractivity contribution in [2.24, 2.45) is 0 Å². The molecule has 1 N–H and O–H groups in total. The van der Waals surface area contributed by atoms with Gasteiger partial charge in [-0.25, -0.2) is 9.37 Å². The molecule has 0 radical (unpaired) electrons. The maximum atomic E-state index is 13.3. The molecule has 2 rings (SSSR count). The predicted octanol–water partition coefficient (Wildman–Crippen LogP) is 3.37. The number of ether oxygens (including phenoxy) is 1. The molecular weight excluding hydrogens is 335 g/mol. The fourth-order valence-electron chi connectivity index (χ4n) is 2.18. The van der Waals surface area contributed by atoms with E-state index in [-0.39, 0.29) is 11.9 Å². The van der Waals surface area contributed by atoms with Gasteiger partial charge in [0.15, 0.2) is 0 Å². The Hall–Kier alpha value is -1.46. The second-order valence-electron chi connectivity index (χ2n) is 4.84. The van der Waals surface area contributed by atoms with Crippen LogP contribution in [-0.2, 0) is 12.8 Å². The van der Waals surface area contributed by atoms with Crippen molar-refractivity contribution in [1.82, 2.24) is 10.3 Å². The van der Waals surface area contributed by atoms with Crippen LogP contribution >= 0.6 is 15.9 Å². The van der Waals surface area contributed by atoms with Crippen molar-refractivity contribution >= 4 is 15.9 Å². The van der Waals surface area contributed by atoms with Crippen LogP contribution in [0, 0.1) is 5.82 Å². The predicted molar refractivity (Wildman–Crippen MR) is 85.1 cm³/mol. The number of methoxy groups -OCH3 is 1. The van der Waals surface area contributed by atoms with Gasteiger partial charge in [-0.2, -0.15) is 0 Å². The molecule has 0 bridgehead atoms. The molecule has 0 aliphatic heterocycles. The van der Waals surface area contributed by atoms with E-state index in [1.54, 1.807) is 19.2 Å². The highest BCUT2D eigenvalue weighted by atomic mass is 79.9. The molecule has 0 saturated carbocycles. The molecule has 5 heteroatoms. The van der Waals surface area contributed by atoms with Gasteiger partial charge >= 0.3 is 0 Å². The Bertz CT molecular complexity index is 589. The SMILES string of the molecule is CNC(Cc1ccc(OC)nc1)Cc1cc(F)ccc1Br. The molecule has 21 heavy (non-hydrogen) atoms. The van der Waals surface area contributed by atoms with Crippen LogP contribution in [0.5, 0.6) is 5.88 Å². The monoisotopic (exact) mass is 352 g/mol. The molecule has 1 aromatic carbocycles. The molecule has 0 amide bonds. The first-order valence-corrected chi connectivity index (χ1v) is 7.51. The lowest BCUT2D eigenvalue weighted by molar-refractivity contribution is 0.397. The maximum absolute atomic E-state index is 13.3. The number of nitrogens with one attached hydrogen (secondary N) is 1. The number of pyridine rings is 1. The summed E-state index contributed by atoms with van der Waals surface area (Å²) in [4.78, 5) is 4.20. The summed E-state index contributed by atoms with van der Waals surface area (Å²) in [6, 6.07) is 8.82. The molecule has 0 spiro atoms. The fourth-order valence-corrected chi connectivity index (χ4v) is 2.59. The second kappa shape index (κ2) is 7.52. The zero-order valence-electron chi connectivity index (χ0n) is 12.1. The van der Waals surface area contributed by atoms with Crippen LogP contribution in [0.2, 0.25) is 0 Å². The van der Waals surface area contributed by atoms with Crippen LogP contribution in [0.25, 0.3) is 0 Å². The smallest absolute Gasteiger partial charge is 0.212 e. The topological polar surface area (TPSA) is 34.1 Å². The van der Waals surface area contributed by atoms with Crippen molar-refractivity contribution in [3.63, 3.8) is 0 Å². The summed E-state index contributed by atoms with van der Waals surface area (Å²) in [5.41, 5.74) is 2.07. The van der Waals surface area contributed by atoms with E-state index >= 15 is 0 Å². The number of hydrogen-bond donors (Lipinski definition) is 1. The molecule has 0 aliphatic rings. The van der Waals surface area contributed by atoms with Gasteiger partial charge < -0.3 is 10.1 Å².